The van der Waals surface area contributed by atoms with Gasteiger partial charge in [-0.05, 0) is 46.2 Å². The molecule has 2 amide bonds. The van der Waals surface area contributed by atoms with Crippen LogP contribution < -0.4 is 4.74 Å². The number of piperazine rings is 1. The molecular formula is C21H30N4O4. The maximum atomic E-state index is 13.3. The number of imidazole rings is 1. The van der Waals surface area contributed by atoms with Gasteiger partial charge in [-0.2, -0.15) is 0 Å². The summed E-state index contributed by atoms with van der Waals surface area (Å²) in [5.41, 5.74) is 1.43. The van der Waals surface area contributed by atoms with Crippen LogP contribution in [-0.2, 0) is 11.2 Å². The molecule has 8 nitrogen and oxygen atoms in total. The van der Waals surface area contributed by atoms with Crippen molar-refractivity contribution in [2.45, 2.75) is 46.6 Å². The van der Waals surface area contributed by atoms with E-state index in [0.29, 0.717) is 56.3 Å². The first kappa shape index (κ1) is 21.0. The molecule has 0 aliphatic carbocycles. The molecule has 0 spiro atoms. The number of amides is 2. The van der Waals surface area contributed by atoms with Crippen molar-refractivity contribution in [1.82, 2.24) is 19.2 Å². The number of carbonyl (C=O) groups excluding carboxylic acids is 2. The largest absolute Gasteiger partial charge is 0.490 e. The lowest BCUT2D eigenvalue weighted by Crippen LogP contribution is -2.51. The van der Waals surface area contributed by atoms with Gasteiger partial charge in [-0.25, -0.2) is 9.78 Å². The molecule has 1 aliphatic rings. The third kappa shape index (κ3) is 4.46. The monoisotopic (exact) mass is 402 g/mol. The van der Waals surface area contributed by atoms with Crippen LogP contribution in [0.25, 0.3) is 5.65 Å². The van der Waals surface area contributed by atoms with E-state index in [1.807, 2.05) is 57.3 Å². The van der Waals surface area contributed by atoms with Crippen molar-refractivity contribution in [1.29, 1.82) is 0 Å². The number of nitrogens with zero attached hydrogens (tertiary/aromatic N) is 4. The molecule has 3 rings (SSSR count). The van der Waals surface area contributed by atoms with Gasteiger partial charge in [0.1, 0.15) is 11.3 Å². The number of aryl methyl sites for hydroxylation is 1. The summed E-state index contributed by atoms with van der Waals surface area (Å²) in [5, 5.41) is 0. The van der Waals surface area contributed by atoms with Gasteiger partial charge in [0.25, 0.3) is 5.91 Å². The molecule has 2 aromatic heterocycles. The minimum atomic E-state index is -0.533. The highest BCUT2D eigenvalue weighted by Crippen LogP contribution is 2.24. The Kier molecular flexibility index (Phi) is 6.00. The molecule has 2 aromatic rings. The molecule has 158 valence electrons. The smallest absolute Gasteiger partial charge is 0.410 e. The van der Waals surface area contributed by atoms with E-state index in [-0.39, 0.29) is 12.0 Å². The molecule has 0 bridgehead atoms. The molecule has 3 heterocycles. The normalized spacial score (nSPS) is 14.9. The van der Waals surface area contributed by atoms with Crippen molar-refractivity contribution in [3.8, 4) is 5.75 Å². The van der Waals surface area contributed by atoms with Gasteiger partial charge in [-0.3, -0.25) is 9.20 Å². The third-order valence-corrected chi connectivity index (χ3v) is 4.74. The predicted molar refractivity (Wildman–Crippen MR) is 109 cm³/mol. The van der Waals surface area contributed by atoms with Crippen LogP contribution in [-0.4, -0.2) is 69.6 Å². The summed E-state index contributed by atoms with van der Waals surface area (Å²) in [4.78, 5) is 33.7. The quantitative estimate of drug-likeness (QED) is 0.786. The number of hydrogen-bond donors (Lipinski definition) is 0. The van der Waals surface area contributed by atoms with E-state index < -0.39 is 5.60 Å². The highest BCUT2D eigenvalue weighted by atomic mass is 16.6. The molecule has 1 aliphatic heterocycles. The molecule has 29 heavy (non-hydrogen) atoms. The van der Waals surface area contributed by atoms with Crippen molar-refractivity contribution < 1.29 is 19.1 Å². The van der Waals surface area contributed by atoms with Crippen molar-refractivity contribution >= 4 is 17.6 Å². The number of hydrogen-bond acceptors (Lipinski definition) is 5. The van der Waals surface area contributed by atoms with Crippen LogP contribution in [0.4, 0.5) is 4.79 Å². The molecule has 8 heteroatoms. The van der Waals surface area contributed by atoms with E-state index in [4.69, 9.17) is 9.47 Å². The molecular weight excluding hydrogens is 372 g/mol. The second-order valence-corrected chi connectivity index (χ2v) is 8.02. The number of aromatic nitrogens is 2. The summed E-state index contributed by atoms with van der Waals surface area (Å²) in [7, 11) is 0. The SMILES string of the molecule is CCOc1cccn2c(C(=O)N3CCN(C(=O)OC(C)(C)C)CC3)c(CC)nc12. The number of fused-ring (bicyclic) bond motifs is 1. The molecule has 0 radical (unpaired) electrons. The summed E-state index contributed by atoms with van der Waals surface area (Å²) in [6, 6.07) is 3.72. The molecule has 0 aromatic carbocycles. The van der Waals surface area contributed by atoms with Crippen LogP contribution in [0.3, 0.4) is 0 Å². The topological polar surface area (TPSA) is 76.4 Å². The van der Waals surface area contributed by atoms with Crippen LogP contribution in [0, 0.1) is 0 Å². The van der Waals surface area contributed by atoms with E-state index in [1.165, 1.54) is 0 Å². The average molecular weight is 402 g/mol. The van der Waals surface area contributed by atoms with Crippen LogP contribution in [0.2, 0.25) is 0 Å². The lowest BCUT2D eigenvalue weighted by molar-refractivity contribution is 0.0140. The van der Waals surface area contributed by atoms with E-state index in [9.17, 15) is 9.59 Å². The zero-order valence-electron chi connectivity index (χ0n) is 17.9. The number of pyridine rings is 1. The van der Waals surface area contributed by atoms with Crippen LogP contribution >= 0.6 is 0 Å². The zero-order valence-corrected chi connectivity index (χ0v) is 17.9. The first-order valence-electron chi connectivity index (χ1n) is 10.1. The number of rotatable bonds is 4. The summed E-state index contributed by atoms with van der Waals surface area (Å²) < 4.78 is 12.9. The molecule has 0 saturated carbocycles. The Bertz CT molecular complexity index is 892. The summed E-state index contributed by atoms with van der Waals surface area (Å²) >= 11 is 0. The maximum absolute atomic E-state index is 13.3. The molecule has 0 N–H and O–H groups in total. The van der Waals surface area contributed by atoms with Crippen molar-refractivity contribution in [2.24, 2.45) is 0 Å². The zero-order chi connectivity index (χ0) is 21.2. The summed E-state index contributed by atoms with van der Waals surface area (Å²) in [6.45, 7) is 11.8. The first-order chi connectivity index (χ1) is 13.7. The number of carbonyl (C=O) groups is 2. The minimum absolute atomic E-state index is 0.0770. The fraction of sp³-hybridized carbons (Fsp3) is 0.571. The Morgan fingerprint density at radius 2 is 1.76 bits per heavy atom. The summed E-state index contributed by atoms with van der Waals surface area (Å²) in [5.74, 6) is 0.588. The second-order valence-electron chi connectivity index (χ2n) is 8.02. The third-order valence-electron chi connectivity index (χ3n) is 4.74. The van der Waals surface area contributed by atoms with Gasteiger partial charge in [0.15, 0.2) is 11.4 Å². The lowest BCUT2D eigenvalue weighted by atomic mass is 10.2. The number of ether oxygens (including phenoxy) is 2. The van der Waals surface area contributed by atoms with E-state index >= 15 is 0 Å². The standard InChI is InChI=1S/C21H30N4O4/c1-6-15-17(25-10-8-9-16(28-7-2)18(25)22-15)19(26)23-11-13-24(14-12-23)20(27)29-21(3,4)5/h8-10H,6-7,11-14H2,1-5H3. The van der Waals surface area contributed by atoms with Crippen LogP contribution in [0.15, 0.2) is 18.3 Å². The van der Waals surface area contributed by atoms with Crippen molar-refractivity contribution in [2.75, 3.05) is 32.8 Å². The highest BCUT2D eigenvalue weighted by molar-refractivity contribution is 5.95. The Balaban J connectivity index is 1.79. The highest BCUT2D eigenvalue weighted by Gasteiger charge is 2.30. The minimum Gasteiger partial charge on any atom is -0.490 e. The van der Waals surface area contributed by atoms with E-state index in [1.54, 1.807) is 9.80 Å². The van der Waals surface area contributed by atoms with Gasteiger partial charge in [0, 0.05) is 32.4 Å². The van der Waals surface area contributed by atoms with Gasteiger partial charge < -0.3 is 19.3 Å². The van der Waals surface area contributed by atoms with Gasteiger partial charge >= 0.3 is 6.09 Å². The van der Waals surface area contributed by atoms with Gasteiger partial charge in [0.2, 0.25) is 0 Å². The maximum Gasteiger partial charge on any atom is 0.410 e. The average Bonchev–Trinajstić information content (AvgIpc) is 3.06. The van der Waals surface area contributed by atoms with E-state index in [0.717, 1.165) is 5.69 Å². The van der Waals surface area contributed by atoms with Crippen molar-refractivity contribution in [3.05, 3.63) is 29.7 Å². The molecule has 0 unspecified atom stereocenters. The van der Waals surface area contributed by atoms with E-state index in [2.05, 4.69) is 4.98 Å². The Morgan fingerprint density at radius 3 is 2.34 bits per heavy atom. The molecule has 0 atom stereocenters. The molecule has 1 saturated heterocycles. The van der Waals surface area contributed by atoms with Crippen LogP contribution in [0.5, 0.6) is 5.75 Å². The molecule has 1 fully saturated rings. The Morgan fingerprint density at radius 1 is 1.10 bits per heavy atom. The Labute approximate surface area is 171 Å². The van der Waals surface area contributed by atoms with Gasteiger partial charge in [0.05, 0.1) is 12.3 Å². The van der Waals surface area contributed by atoms with Gasteiger partial charge in [-0.1, -0.05) is 6.92 Å². The second kappa shape index (κ2) is 8.31. The van der Waals surface area contributed by atoms with Gasteiger partial charge in [-0.15, -0.1) is 0 Å². The lowest BCUT2D eigenvalue weighted by Gasteiger charge is -2.35. The van der Waals surface area contributed by atoms with Crippen molar-refractivity contribution in [3.63, 3.8) is 0 Å². The first-order valence-corrected chi connectivity index (χ1v) is 10.1. The summed E-state index contributed by atoms with van der Waals surface area (Å²) in [6.07, 6.45) is 2.15. The fourth-order valence-electron chi connectivity index (χ4n) is 3.40. The predicted octanol–water partition coefficient (Wildman–Crippen LogP) is 2.99. The fourth-order valence-corrected chi connectivity index (χ4v) is 3.40. The van der Waals surface area contributed by atoms with Crippen LogP contribution in [0.1, 0.15) is 50.8 Å². The Hall–Kier alpha value is -2.77.